The largest absolute Gasteiger partial charge is 0.0651 e. The first-order chi connectivity index (χ1) is 10.5. The van der Waals surface area contributed by atoms with Crippen LogP contribution in [0.25, 0.3) is 17.2 Å². The Morgan fingerprint density at radius 2 is 1.68 bits per heavy atom. The van der Waals surface area contributed by atoms with E-state index in [1.165, 1.54) is 46.2 Å². The van der Waals surface area contributed by atoms with Crippen LogP contribution in [0.5, 0.6) is 0 Å². The van der Waals surface area contributed by atoms with Crippen LogP contribution in [0.15, 0.2) is 48.0 Å². The quantitative estimate of drug-likeness (QED) is 0.623. The number of benzene rings is 2. The van der Waals surface area contributed by atoms with Crippen LogP contribution in [0.2, 0.25) is 0 Å². The molecule has 2 aromatic rings. The standard InChI is InChI=1S/C22H26/c1-5-7-16-10-12-17(13-11-16)20-9-6-8-18-14-19(15-21(18)20)22(2,3)4/h6,8-13,15H,5,7,14H2,1-4H3. The highest BCUT2D eigenvalue weighted by Crippen LogP contribution is 2.40. The summed E-state index contributed by atoms with van der Waals surface area (Å²) in [6, 6.07) is 15.9. The van der Waals surface area contributed by atoms with E-state index in [4.69, 9.17) is 0 Å². The fourth-order valence-electron chi connectivity index (χ4n) is 3.24. The maximum absolute atomic E-state index is 2.42. The van der Waals surface area contributed by atoms with Gasteiger partial charge in [-0.3, -0.25) is 0 Å². The normalized spacial score (nSPS) is 13.9. The molecule has 0 atom stereocenters. The van der Waals surface area contributed by atoms with Gasteiger partial charge in [-0.2, -0.15) is 0 Å². The average Bonchev–Trinajstić information content (AvgIpc) is 2.92. The molecule has 0 saturated heterocycles. The smallest absolute Gasteiger partial charge is 0.00523 e. The lowest BCUT2D eigenvalue weighted by atomic mass is 9.85. The Hall–Kier alpha value is -1.82. The van der Waals surface area contributed by atoms with Gasteiger partial charge in [-0.25, -0.2) is 0 Å². The predicted molar refractivity (Wildman–Crippen MR) is 97.0 cm³/mol. The van der Waals surface area contributed by atoms with Crippen molar-refractivity contribution in [3.8, 4) is 11.1 Å². The van der Waals surface area contributed by atoms with E-state index in [0.29, 0.717) is 0 Å². The third kappa shape index (κ3) is 2.88. The first kappa shape index (κ1) is 15.1. The number of aryl methyl sites for hydroxylation is 1. The lowest BCUT2D eigenvalue weighted by Crippen LogP contribution is -2.08. The fraction of sp³-hybridized carbons (Fsp3) is 0.364. The molecule has 22 heavy (non-hydrogen) atoms. The van der Waals surface area contributed by atoms with Crippen molar-refractivity contribution in [2.45, 2.75) is 47.0 Å². The predicted octanol–water partition coefficient (Wildman–Crippen LogP) is 6.29. The molecule has 0 nitrogen and oxygen atoms in total. The first-order valence-corrected chi connectivity index (χ1v) is 8.41. The molecule has 0 bridgehead atoms. The second-order valence-electron chi connectivity index (χ2n) is 7.42. The van der Waals surface area contributed by atoms with Crippen LogP contribution in [0, 0.1) is 5.41 Å². The van der Waals surface area contributed by atoms with Crippen molar-refractivity contribution in [3.63, 3.8) is 0 Å². The van der Waals surface area contributed by atoms with Crippen molar-refractivity contribution in [2.75, 3.05) is 0 Å². The maximum Gasteiger partial charge on any atom is -0.00523 e. The minimum Gasteiger partial charge on any atom is -0.0651 e. The minimum atomic E-state index is 0.251. The number of fused-ring (bicyclic) bond motifs is 1. The summed E-state index contributed by atoms with van der Waals surface area (Å²) >= 11 is 0. The van der Waals surface area contributed by atoms with Crippen molar-refractivity contribution < 1.29 is 0 Å². The van der Waals surface area contributed by atoms with Crippen LogP contribution in [-0.4, -0.2) is 0 Å². The zero-order valence-electron chi connectivity index (χ0n) is 14.2. The van der Waals surface area contributed by atoms with Gasteiger partial charge in [0.15, 0.2) is 0 Å². The minimum absolute atomic E-state index is 0.251. The molecule has 3 rings (SSSR count). The van der Waals surface area contributed by atoms with Gasteiger partial charge >= 0.3 is 0 Å². The van der Waals surface area contributed by atoms with Gasteiger partial charge in [0.05, 0.1) is 0 Å². The monoisotopic (exact) mass is 290 g/mol. The molecular weight excluding hydrogens is 264 g/mol. The van der Waals surface area contributed by atoms with Crippen molar-refractivity contribution >= 4 is 6.08 Å². The van der Waals surface area contributed by atoms with E-state index in [9.17, 15) is 0 Å². The Balaban J connectivity index is 2.00. The van der Waals surface area contributed by atoms with E-state index in [2.05, 4.69) is 76.2 Å². The van der Waals surface area contributed by atoms with Gasteiger partial charge in [0.25, 0.3) is 0 Å². The Morgan fingerprint density at radius 1 is 0.955 bits per heavy atom. The zero-order chi connectivity index (χ0) is 15.7. The molecule has 0 fully saturated rings. The summed E-state index contributed by atoms with van der Waals surface area (Å²) in [5, 5.41) is 0. The Labute approximate surface area is 134 Å². The zero-order valence-corrected chi connectivity index (χ0v) is 14.2. The van der Waals surface area contributed by atoms with Crippen molar-refractivity contribution in [1.29, 1.82) is 0 Å². The lowest BCUT2D eigenvalue weighted by Gasteiger charge is -2.19. The van der Waals surface area contributed by atoms with Crippen LogP contribution < -0.4 is 0 Å². The van der Waals surface area contributed by atoms with Crippen LogP contribution >= 0.6 is 0 Å². The molecule has 0 aliphatic heterocycles. The van der Waals surface area contributed by atoms with E-state index in [1.807, 2.05) is 0 Å². The van der Waals surface area contributed by atoms with E-state index in [0.717, 1.165) is 6.42 Å². The highest BCUT2D eigenvalue weighted by Gasteiger charge is 2.24. The van der Waals surface area contributed by atoms with Crippen LogP contribution in [0.4, 0.5) is 0 Å². The molecule has 0 N–H and O–H groups in total. The van der Waals surface area contributed by atoms with E-state index in [-0.39, 0.29) is 5.41 Å². The lowest BCUT2D eigenvalue weighted by molar-refractivity contribution is 0.498. The Kier molecular flexibility index (Phi) is 3.95. The Morgan fingerprint density at radius 3 is 2.32 bits per heavy atom. The van der Waals surface area contributed by atoms with Gasteiger partial charge in [0.1, 0.15) is 0 Å². The summed E-state index contributed by atoms with van der Waals surface area (Å²) in [5.41, 5.74) is 8.84. The number of hydrogen-bond acceptors (Lipinski definition) is 0. The summed E-state index contributed by atoms with van der Waals surface area (Å²) in [6.45, 7) is 9.16. The molecule has 1 aliphatic carbocycles. The van der Waals surface area contributed by atoms with E-state index >= 15 is 0 Å². The molecule has 1 aliphatic rings. The molecule has 0 radical (unpaired) electrons. The number of hydrogen-bond donors (Lipinski definition) is 0. The Bertz CT molecular complexity index is 694. The first-order valence-electron chi connectivity index (χ1n) is 8.41. The number of rotatable bonds is 3. The summed E-state index contributed by atoms with van der Waals surface area (Å²) in [7, 11) is 0. The summed E-state index contributed by atoms with van der Waals surface area (Å²) < 4.78 is 0. The molecule has 0 aromatic heterocycles. The second kappa shape index (κ2) is 5.76. The van der Waals surface area contributed by atoms with Gasteiger partial charge in [-0.15, -0.1) is 0 Å². The summed E-state index contributed by atoms with van der Waals surface area (Å²) in [4.78, 5) is 0. The van der Waals surface area contributed by atoms with Gasteiger partial charge in [0.2, 0.25) is 0 Å². The molecular formula is C22H26. The highest BCUT2D eigenvalue weighted by molar-refractivity contribution is 5.81. The third-order valence-electron chi connectivity index (χ3n) is 4.66. The van der Waals surface area contributed by atoms with Crippen LogP contribution in [0.3, 0.4) is 0 Å². The molecule has 0 heterocycles. The maximum atomic E-state index is 2.42. The molecule has 0 amide bonds. The topological polar surface area (TPSA) is 0 Å². The van der Waals surface area contributed by atoms with Crippen LogP contribution in [-0.2, 0) is 12.8 Å². The third-order valence-corrected chi connectivity index (χ3v) is 4.66. The van der Waals surface area contributed by atoms with Gasteiger partial charge in [-0.1, -0.05) is 88.2 Å². The molecule has 0 heteroatoms. The number of allylic oxidation sites excluding steroid dienone is 1. The van der Waals surface area contributed by atoms with Crippen molar-refractivity contribution in [2.24, 2.45) is 5.41 Å². The van der Waals surface area contributed by atoms with Crippen LogP contribution in [0.1, 0.15) is 50.8 Å². The summed E-state index contributed by atoms with van der Waals surface area (Å²) in [5.74, 6) is 0. The molecule has 0 saturated carbocycles. The summed E-state index contributed by atoms with van der Waals surface area (Å²) in [6.07, 6.45) is 5.89. The SMILES string of the molecule is CCCc1ccc(-c2cccc3c2C=C(C(C)(C)C)C3)cc1. The van der Waals surface area contributed by atoms with Crippen molar-refractivity contribution in [3.05, 3.63) is 64.7 Å². The highest BCUT2D eigenvalue weighted by atomic mass is 14.3. The van der Waals surface area contributed by atoms with Crippen molar-refractivity contribution in [1.82, 2.24) is 0 Å². The molecule has 0 spiro atoms. The van der Waals surface area contributed by atoms with Gasteiger partial charge in [-0.05, 0) is 46.1 Å². The van der Waals surface area contributed by atoms with E-state index < -0.39 is 0 Å². The second-order valence-corrected chi connectivity index (χ2v) is 7.42. The van der Waals surface area contributed by atoms with Gasteiger partial charge < -0.3 is 0 Å². The molecule has 2 aromatic carbocycles. The molecule has 0 unspecified atom stereocenters. The average molecular weight is 290 g/mol. The van der Waals surface area contributed by atoms with E-state index in [1.54, 1.807) is 0 Å². The molecule has 114 valence electrons. The fourth-order valence-corrected chi connectivity index (χ4v) is 3.24. The van der Waals surface area contributed by atoms with Gasteiger partial charge in [0, 0.05) is 0 Å².